The van der Waals surface area contributed by atoms with E-state index in [1.165, 1.54) is 0 Å². The quantitative estimate of drug-likeness (QED) is 0.826. The summed E-state index contributed by atoms with van der Waals surface area (Å²) in [5.74, 6) is 1.04. The van der Waals surface area contributed by atoms with Gasteiger partial charge in [0.15, 0.2) is 6.29 Å². The number of thioether (sulfide) groups is 1. The van der Waals surface area contributed by atoms with E-state index in [1.807, 2.05) is 30.0 Å². The van der Waals surface area contributed by atoms with Gasteiger partial charge in [0.1, 0.15) is 11.0 Å². The molecule has 132 valence electrons. The summed E-state index contributed by atoms with van der Waals surface area (Å²) in [7, 11) is 0. The molecule has 3 heterocycles. The van der Waals surface area contributed by atoms with E-state index in [1.54, 1.807) is 0 Å². The molecule has 4 rings (SSSR count). The molecule has 0 unspecified atom stereocenters. The van der Waals surface area contributed by atoms with Gasteiger partial charge in [-0.2, -0.15) is 0 Å². The standard InChI is InChI=1S/C19H26O4S/c1-2-24-19-11-10-15-16(22-17(19)9-6-12-21-19)13-20-18(23-15)14-7-4-3-5-8-14/h3-5,7-8,15-18H,2,6,9-13H2,1H3/t15-,16+,17-,18+,19-/m0/s1. The molecule has 3 aliphatic rings. The average molecular weight is 350 g/mol. The Balaban J connectivity index is 1.50. The summed E-state index contributed by atoms with van der Waals surface area (Å²) >= 11 is 1.90. The van der Waals surface area contributed by atoms with Gasteiger partial charge in [0.25, 0.3) is 0 Å². The highest BCUT2D eigenvalue weighted by Crippen LogP contribution is 2.46. The fourth-order valence-corrected chi connectivity index (χ4v) is 5.25. The van der Waals surface area contributed by atoms with Crippen molar-refractivity contribution in [3.05, 3.63) is 35.9 Å². The van der Waals surface area contributed by atoms with Crippen molar-refractivity contribution < 1.29 is 18.9 Å². The van der Waals surface area contributed by atoms with Crippen LogP contribution in [0.3, 0.4) is 0 Å². The Labute approximate surface area is 148 Å². The zero-order valence-corrected chi connectivity index (χ0v) is 15.0. The van der Waals surface area contributed by atoms with Crippen molar-refractivity contribution in [2.45, 2.75) is 62.1 Å². The van der Waals surface area contributed by atoms with Crippen LogP contribution < -0.4 is 0 Å². The first kappa shape index (κ1) is 16.9. The minimum Gasteiger partial charge on any atom is -0.366 e. The topological polar surface area (TPSA) is 36.9 Å². The molecule has 0 radical (unpaired) electrons. The molecule has 5 atom stereocenters. The molecule has 0 bridgehead atoms. The average Bonchev–Trinajstić information content (AvgIpc) is 2.79. The fraction of sp³-hybridized carbons (Fsp3) is 0.684. The van der Waals surface area contributed by atoms with E-state index in [0.29, 0.717) is 6.61 Å². The molecule has 5 heteroatoms. The number of hydrogen-bond donors (Lipinski definition) is 0. The van der Waals surface area contributed by atoms with Crippen molar-refractivity contribution >= 4 is 11.8 Å². The Bertz CT molecular complexity index is 535. The zero-order chi connectivity index (χ0) is 16.4. The number of benzene rings is 1. The number of fused-ring (bicyclic) bond motifs is 2. The minimum absolute atomic E-state index is 0.0102. The van der Waals surface area contributed by atoms with Gasteiger partial charge in [0, 0.05) is 12.2 Å². The van der Waals surface area contributed by atoms with Crippen LogP contribution in [0.15, 0.2) is 30.3 Å². The van der Waals surface area contributed by atoms with E-state index < -0.39 is 0 Å². The maximum absolute atomic E-state index is 6.46. The first-order valence-electron chi connectivity index (χ1n) is 9.06. The molecule has 0 saturated carbocycles. The van der Waals surface area contributed by atoms with Crippen LogP contribution in [-0.4, -0.2) is 42.2 Å². The van der Waals surface area contributed by atoms with Crippen molar-refractivity contribution in [1.82, 2.24) is 0 Å². The first-order valence-corrected chi connectivity index (χ1v) is 10.0. The zero-order valence-electron chi connectivity index (χ0n) is 14.2. The molecule has 0 N–H and O–H groups in total. The fourth-order valence-electron chi connectivity index (χ4n) is 3.98. The van der Waals surface area contributed by atoms with Crippen LogP contribution in [0, 0.1) is 0 Å². The van der Waals surface area contributed by atoms with E-state index in [4.69, 9.17) is 18.9 Å². The summed E-state index contributed by atoms with van der Waals surface area (Å²) in [6.07, 6.45) is 4.03. The summed E-state index contributed by atoms with van der Waals surface area (Å²) < 4.78 is 25.0. The van der Waals surface area contributed by atoms with Crippen molar-refractivity contribution in [2.75, 3.05) is 19.0 Å². The lowest BCUT2D eigenvalue weighted by atomic mass is 9.99. The second kappa shape index (κ2) is 7.34. The maximum Gasteiger partial charge on any atom is 0.184 e. The Morgan fingerprint density at radius 1 is 1.12 bits per heavy atom. The van der Waals surface area contributed by atoms with E-state index in [9.17, 15) is 0 Å². The van der Waals surface area contributed by atoms with Gasteiger partial charge in [0.2, 0.25) is 0 Å². The number of ether oxygens (including phenoxy) is 4. The summed E-state index contributed by atoms with van der Waals surface area (Å²) in [4.78, 5) is -0.198. The molecule has 1 aromatic carbocycles. The highest BCUT2D eigenvalue weighted by molar-refractivity contribution is 8.00. The minimum atomic E-state index is -0.285. The highest BCUT2D eigenvalue weighted by atomic mass is 32.2. The van der Waals surface area contributed by atoms with Gasteiger partial charge >= 0.3 is 0 Å². The van der Waals surface area contributed by atoms with Crippen LogP contribution in [0.4, 0.5) is 0 Å². The van der Waals surface area contributed by atoms with E-state index in [-0.39, 0.29) is 29.5 Å². The van der Waals surface area contributed by atoms with Gasteiger partial charge < -0.3 is 18.9 Å². The van der Waals surface area contributed by atoms with E-state index in [0.717, 1.165) is 43.6 Å². The predicted molar refractivity (Wildman–Crippen MR) is 94.0 cm³/mol. The van der Waals surface area contributed by atoms with Gasteiger partial charge in [-0.15, -0.1) is 11.8 Å². The molecule has 1 aromatic rings. The van der Waals surface area contributed by atoms with Crippen LogP contribution in [0.2, 0.25) is 0 Å². The molecule has 3 aliphatic heterocycles. The monoisotopic (exact) mass is 350 g/mol. The second-order valence-corrected chi connectivity index (χ2v) is 8.24. The molecule has 0 spiro atoms. The predicted octanol–water partition coefficient (Wildman–Crippen LogP) is 3.91. The lowest BCUT2D eigenvalue weighted by Gasteiger charge is -2.42. The molecule has 3 saturated heterocycles. The third-order valence-electron chi connectivity index (χ3n) is 5.15. The van der Waals surface area contributed by atoms with Crippen LogP contribution in [0.25, 0.3) is 0 Å². The summed E-state index contributed by atoms with van der Waals surface area (Å²) in [6.45, 7) is 3.62. The van der Waals surface area contributed by atoms with Crippen LogP contribution in [0.1, 0.15) is 44.5 Å². The molecular formula is C19H26O4S. The Kier molecular flexibility index (Phi) is 5.16. The maximum atomic E-state index is 6.46. The normalized spacial score (nSPS) is 39.5. The summed E-state index contributed by atoms with van der Waals surface area (Å²) in [5.41, 5.74) is 1.08. The number of hydrogen-bond acceptors (Lipinski definition) is 5. The second-order valence-electron chi connectivity index (χ2n) is 6.69. The van der Waals surface area contributed by atoms with Gasteiger partial charge in [0.05, 0.1) is 18.8 Å². The Morgan fingerprint density at radius 2 is 2.00 bits per heavy atom. The molecule has 24 heavy (non-hydrogen) atoms. The molecule has 3 fully saturated rings. The molecule has 0 aliphatic carbocycles. The third kappa shape index (κ3) is 3.25. The van der Waals surface area contributed by atoms with E-state index in [2.05, 4.69) is 19.1 Å². The first-order chi connectivity index (χ1) is 11.8. The molecule has 0 aromatic heterocycles. The molecule has 0 amide bonds. The number of rotatable bonds is 3. The van der Waals surface area contributed by atoms with Crippen molar-refractivity contribution in [1.29, 1.82) is 0 Å². The van der Waals surface area contributed by atoms with Gasteiger partial charge in [-0.25, -0.2) is 0 Å². The SMILES string of the molecule is CCS[C@@]12CC[C@@H]3O[C@H](c4ccccc4)OC[C@H]3O[C@H]1CCCO2. The van der Waals surface area contributed by atoms with Crippen molar-refractivity contribution in [3.63, 3.8) is 0 Å². The van der Waals surface area contributed by atoms with Crippen molar-refractivity contribution in [2.24, 2.45) is 0 Å². The van der Waals surface area contributed by atoms with Crippen LogP contribution in [0.5, 0.6) is 0 Å². The Morgan fingerprint density at radius 3 is 2.83 bits per heavy atom. The van der Waals surface area contributed by atoms with Gasteiger partial charge in [-0.3, -0.25) is 0 Å². The third-order valence-corrected chi connectivity index (χ3v) is 6.51. The van der Waals surface area contributed by atoms with Gasteiger partial charge in [-0.05, 0) is 31.4 Å². The summed E-state index contributed by atoms with van der Waals surface area (Å²) in [6, 6.07) is 10.2. The van der Waals surface area contributed by atoms with Crippen molar-refractivity contribution in [3.8, 4) is 0 Å². The largest absolute Gasteiger partial charge is 0.366 e. The molecule has 4 nitrogen and oxygen atoms in total. The van der Waals surface area contributed by atoms with Crippen LogP contribution in [-0.2, 0) is 18.9 Å². The van der Waals surface area contributed by atoms with Crippen LogP contribution >= 0.6 is 11.8 Å². The highest BCUT2D eigenvalue weighted by Gasteiger charge is 2.49. The van der Waals surface area contributed by atoms with E-state index >= 15 is 0 Å². The lowest BCUT2D eigenvalue weighted by molar-refractivity contribution is -0.273. The molecular weight excluding hydrogens is 324 g/mol. The lowest BCUT2D eigenvalue weighted by Crippen LogP contribution is -2.48. The smallest absolute Gasteiger partial charge is 0.184 e. The Hall–Kier alpha value is -0.590. The van der Waals surface area contributed by atoms with Gasteiger partial charge in [-0.1, -0.05) is 37.3 Å². The summed E-state index contributed by atoms with van der Waals surface area (Å²) in [5, 5.41) is 0.